The van der Waals surface area contributed by atoms with Crippen LogP contribution in [0.4, 0.5) is 22.0 Å². The van der Waals surface area contributed by atoms with Crippen molar-refractivity contribution in [2.45, 2.75) is 11.1 Å². The predicted molar refractivity (Wildman–Crippen MR) is 92.0 cm³/mol. The minimum atomic E-state index is -4.85. The highest BCUT2D eigenvalue weighted by molar-refractivity contribution is 7.90. The van der Waals surface area contributed by atoms with Crippen LogP contribution in [0.25, 0.3) is 16.9 Å². The highest BCUT2D eigenvalue weighted by Crippen LogP contribution is 2.35. The van der Waals surface area contributed by atoms with E-state index in [2.05, 4.69) is 5.10 Å². The average Bonchev–Trinajstić information content (AvgIpc) is 3.01. The van der Waals surface area contributed by atoms with E-state index in [0.717, 1.165) is 0 Å². The monoisotopic (exact) mass is 436 g/mol. The van der Waals surface area contributed by atoms with Crippen molar-refractivity contribution in [2.24, 2.45) is 0 Å². The van der Waals surface area contributed by atoms with Gasteiger partial charge in [0, 0.05) is 22.9 Å². The SMILES string of the molecule is CS(=O)(=O)c1cc(F)c(-n2nc(C(F)(F)F)cc2-c2cccc(Cl)c2)cc1F. The van der Waals surface area contributed by atoms with Crippen LogP contribution in [-0.4, -0.2) is 24.5 Å². The van der Waals surface area contributed by atoms with Crippen molar-refractivity contribution in [1.82, 2.24) is 9.78 Å². The summed E-state index contributed by atoms with van der Waals surface area (Å²) in [5.41, 5.74) is -2.06. The Morgan fingerprint density at radius 2 is 1.71 bits per heavy atom. The van der Waals surface area contributed by atoms with Gasteiger partial charge in [0.2, 0.25) is 0 Å². The van der Waals surface area contributed by atoms with E-state index in [-0.39, 0.29) is 16.3 Å². The molecule has 0 aliphatic heterocycles. The maximum Gasteiger partial charge on any atom is 0.435 e. The van der Waals surface area contributed by atoms with Crippen molar-refractivity contribution < 1.29 is 30.4 Å². The van der Waals surface area contributed by atoms with E-state index in [1.165, 1.54) is 24.3 Å². The molecule has 0 fully saturated rings. The molecule has 28 heavy (non-hydrogen) atoms. The molecule has 0 spiro atoms. The average molecular weight is 437 g/mol. The van der Waals surface area contributed by atoms with Gasteiger partial charge in [-0.05, 0) is 24.3 Å². The third-order valence-corrected chi connectivity index (χ3v) is 5.10. The Hall–Kier alpha value is -2.46. The molecule has 3 aromatic rings. The summed E-state index contributed by atoms with van der Waals surface area (Å²) in [6.45, 7) is 0. The number of hydrogen-bond acceptors (Lipinski definition) is 3. The molecular formula is C17H10ClF5N2O2S. The minimum absolute atomic E-state index is 0.169. The molecule has 0 unspecified atom stereocenters. The molecule has 148 valence electrons. The molecule has 0 amide bonds. The minimum Gasteiger partial charge on any atom is -0.229 e. The molecule has 1 heterocycles. The lowest BCUT2D eigenvalue weighted by molar-refractivity contribution is -0.141. The van der Waals surface area contributed by atoms with Crippen LogP contribution in [0.3, 0.4) is 0 Å². The van der Waals surface area contributed by atoms with Gasteiger partial charge < -0.3 is 0 Å². The number of benzene rings is 2. The van der Waals surface area contributed by atoms with Crippen molar-refractivity contribution in [3.8, 4) is 16.9 Å². The van der Waals surface area contributed by atoms with Gasteiger partial charge in [-0.3, -0.25) is 0 Å². The third-order valence-electron chi connectivity index (χ3n) is 3.75. The van der Waals surface area contributed by atoms with Gasteiger partial charge in [0.05, 0.1) is 5.69 Å². The Kier molecular flexibility index (Phi) is 4.96. The van der Waals surface area contributed by atoms with Gasteiger partial charge in [-0.1, -0.05) is 23.7 Å². The molecule has 3 rings (SSSR count). The Balaban J connectivity index is 2.30. The van der Waals surface area contributed by atoms with E-state index in [0.29, 0.717) is 29.1 Å². The first kappa shape index (κ1) is 20.3. The van der Waals surface area contributed by atoms with E-state index >= 15 is 0 Å². The fourth-order valence-corrected chi connectivity index (χ4v) is 3.44. The van der Waals surface area contributed by atoms with E-state index < -0.39 is 43.9 Å². The van der Waals surface area contributed by atoms with Gasteiger partial charge in [-0.2, -0.15) is 18.3 Å². The second-order valence-electron chi connectivity index (χ2n) is 5.84. The topological polar surface area (TPSA) is 52.0 Å². The van der Waals surface area contributed by atoms with Gasteiger partial charge in [-0.25, -0.2) is 21.9 Å². The zero-order valence-corrected chi connectivity index (χ0v) is 15.5. The first-order valence-electron chi connectivity index (χ1n) is 7.50. The summed E-state index contributed by atoms with van der Waals surface area (Å²) in [4.78, 5) is -0.916. The van der Waals surface area contributed by atoms with Crippen LogP contribution in [-0.2, 0) is 16.0 Å². The van der Waals surface area contributed by atoms with Crippen molar-refractivity contribution in [2.75, 3.05) is 6.26 Å². The van der Waals surface area contributed by atoms with E-state index in [4.69, 9.17) is 11.6 Å². The van der Waals surface area contributed by atoms with Crippen molar-refractivity contribution in [3.05, 3.63) is 64.8 Å². The summed E-state index contributed by atoms with van der Waals surface area (Å²) in [6, 6.07) is 7.23. The zero-order valence-electron chi connectivity index (χ0n) is 13.9. The van der Waals surface area contributed by atoms with Crippen LogP contribution in [0.5, 0.6) is 0 Å². The Morgan fingerprint density at radius 3 is 2.29 bits per heavy atom. The summed E-state index contributed by atoms with van der Waals surface area (Å²) >= 11 is 5.86. The maximum absolute atomic E-state index is 14.5. The molecule has 0 aliphatic carbocycles. The fraction of sp³-hybridized carbons (Fsp3) is 0.118. The second kappa shape index (κ2) is 6.85. The van der Waals surface area contributed by atoms with E-state index in [1.54, 1.807) is 0 Å². The number of hydrogen-bond donors (Lipinski definition) is 0. The number of nitrogens with zero attached hydrogens (tertiary/aromatic N) is 2. The van der Waals surface area contributed by atoms with E-state index in [1.807, 2.05) is 0 Å². The number of sulfone groups is 1. The lowest BCUT2D eigenvalue weighted by Crippen LogP contribution is -2.10. The summed E-state index contributed by atoms with van der Waals surface area (Å²) in [6.07, 6.45) is -4.17. The van der Waals surface area contributed by atoms with Crippen LogP contribution in [0.1, 0.15) is 5.69 Å². The standard InChI is InChI=1S/C17H10ClF5N2O2S/c1-28(26,27)15-7-11(19)14(6-12(15)20)25-13(8-16(24-25)17(21,22)23)9-3-2-4-10(18)5-9/h2-8H,1H3. The summed E-state index contributed by atoms with van der Waals surface area (Å²) < 4.78 is 91.8. The van der Waals surface area contributed by atoms with Crippen LogP contribution in [0.2, 0.25) is 5.02 Å². The van der Waals surface area contributed by atoms with E-state index in [9.17, 15) is 30.4 Å². The molecule has 0 bridgehead atoms. The van der Waals surface area contributed by atoms with Crippen LogP contribution in [0, 0.1) is 11.6 Å². The summed E-state index contributed by atoms with van der Waals surface area (Å²) in [5.74, 6) is -2.58. The maximum atomic E-state index is 14.5. The molecule has 2 aromatic carbocycles. The third kappa shape index (κ3) is 3.88. The molecule has 0 N–H and O–H groups in total. The smallest absolute Gasteiger partial charge is 0.229 e. The largest absolute Gasteiger partial charge is 0.435 e. The second-order valence-corrected chi connectivity index (χ2v) is 8.26. The predicted octanol–water partition coefficient (Wildman–Crippen LogP) is 4.89. The van der Waals surface area contributed by atoms with Gasteiger partial charge in [-0.15, -0.1) is 0 Å². The molecule has 1 aromatic heterocycles. The zero-order chi connectivity index (χ0) is 20.9. The van der Waals surface area contributed by atoms with Gasteiger partial charge in [0.25, 0.3) is 0 Å². The Morgan fingerprint density at radius 1 is 1.04 bits per heavy atom. The number of aromatic nitrogens is 2. The normalized spacial score (nSPS) is 12.4. The van der Waals surface area contributed by atoms with Gasteiger partial charge in [0.15, 0.2) is 15.5 Å². The molecule has 0 atom stereocenters. The molecule has 0 saturated carbocycles. The molecule has 4 nitrogen and oxygen atoms in total. The quantitative estimate of drug-likeness (QED) is 0.549. The van der Waals surface area contributed by atoms with Gasteiger partial charge in [0.1, 0.15) is 22.2 Å². The molecule has 0 saturated heterocycles. The number of halogens is 6. The highest BCUT2D eigenvalue weighted by Gasteiger charge is 2.36. The lowest BCUT2D eigenvalue weighted by atomic mass is 10.1. The number of alkyl halides is 3. The van der Waals surface area contributed by atoms with Crippen LogP contribution >= 0.6 is 11.6 Å². The summed E-state index contributed by atoms with van der Waals surface area (Å²) in [5, 5.41) is 3.55. The fourth-order valence-electron chi connectivity index (χ4n) is 2.52. The first-order valence-corrected chi connectivity index (χ1v) is 9.77. The lowest BCUT2D eigenvalue weighted by Gasteiger charge is -2.11. The Bertz CT molecular complexity index is 1170. The van der Waals surface area contributed by atoms with Crippen LogP contribution in [0.15, 0.2) is 47.4 Å². The molecule has 0 radical (unpaired) electrons. The van der Waals surface area contributed by atoms with Gasteiger partial charge >= 0.3 is 6.18 Å². The molecule has 11 heteroatoms. The highest BCUT2D eigenvalue weighted by atomic mass is 35.5. The van der Waals surface area contributed by atoms with Crippen molar-refractivity contribution in [3.63, 3.8) is 0 Å². The van der Waals surface area contributed by atoms with Crippen molar-refractivity contribution >= 4 is 21.4 Å². The molecular weight excluding hydrogens is 427 g/mol. The Labute approximate surface area is 161 Å². The summed E-state index contributed by atoms with van der Waals surface area (Å²) in [7, 11) is -4.08. The van der Waals surface area contributed by atoms with Crippen LogP contribution < -0.4 is 0 Å². The number of rotatable bonds is 3. The molecule has 0 aliphatic rings. The van der Waals surface area contributed by atoms with Crippen molar-refractivity contribution in [1.29, 1.82) is 0 Å². The first-order chi connectivity index (χ1) is 12.9.